The van der Waals surface area contributed by atoms with Crippen LogP contribution >= 0.6 is 0 Å². The molecule has 0 aliphatic carbocycles. The van der Waals surface area contributed by atoms with Gasteiger partial charge in [0.05, 0.1) is 9.79 Å². The molecule has 2 N–H and O–H groups in total. The maximum atomic E-state index is 10.7. The minimum absolute atomic E-state index is 0. The molecule has 0 bridgehead atoms. The third-order valence-electron chi connectivity index (χ3n) is 3.16. The van der Waals surface area contributed by atoms with Gasteiger partial charge in [-0.15, -0.1) is 0 Å². The quantitative estimate of drug-likeness (QED) is 0.224. The fourth-order valence-electron chi connectivity index (χ4n) is 2.02. The molecule has 0 unspecified atom stereocenters. The van der Waals surface area contributed by atoms with Crippen LogP contribution in [0.5, 0.6) is 0 Å². The van der Waals surface area contributed by atoms with Gasteiger partial charge >= 0.3 is 44.8 Å². The number of para-hydroxylation sites is 1. The molecule has 0 amide bonds. The standard InChI is InChI=1S/2C6H5N3O3S.2Ag/c10-13(11,12)4-1-2-5-6(3-4)8-9-7-5;10-13(11,12)5-3-1-2-4-6(5)8-9-7-4;;/h2*1-3H,(H,7,8,9)(H,10,11,12);;/q;;2*+1/p-2. The van der Waals surface area contributed by atoms with Gasteiger partial charge in [0.1, 0.15) is 42.3 Å². The number of hydrogen-bond acceptors (Lipinski definition) is 10. The molecule has 0 spiro atoms. The molecule has 0 fully saturated rings. The predicted octanol–water partition coefficient (Wildman–Crippen LogP) is -0.281. The summed E-state index contributed by atoms with van der Waals surface area (Å²) in [4.78, 5) is -0.646. The first-order valence-corrected chi connectivity index (χ1v) is 9.50. The van der Waals surface area contributed by atoms with Gasteiger partial charge in [-0.1, -0.05) is 6.07 Å². The van der Waals surface area contributed by atoms with E-state index in [-0.39, 0.29) is 60.1 Å². The largest absolute Gasteiger partial charge is 1.00 e. The van der Waals surface area contributed by atoms with Crippen LogP contribution in [0, 0.1) is 0 Å². The van der Waals surface area contributed by atoms with Crippen molar-refractivity contribution in [1.82, 2.24) is 30.8 Å². The molecule has 2 heterocycles. The summed E-state index contributed by atoms with van der Waals surface area (Å²) in [7, 11) is -8.88. The van der Waals surface area contributed by atoms with E-state index in [0.717, 1.165) is 0 Å². The van der Waals surface area contributed by atoms with Crippen LogP contribution in [0.1, 0.15) is 0 Å². The molecule has 4 rings (SSSR count). The Morgan fingerprint density at radius 1 is 0.714 bits per heavy atom. The van der Waals surface area contributed by atoms with Crippen LogP contribution in [0.3, 0.4) is 0 Å². The smallest absolute Gasteiger partial charge is 0.744 e. The second kappa shape index (κ2) is 9.36. The molecule has 0 aliphatic rings. The van der Waals surface area contributed by atoms with Gasteiger partial charge in [0.2, 0.25) is 0 Å². The molecule has 0 saturated heterocycles. The number of rotatable bonds is 2. The van der Waals surface area contributed by atoms with E-state index in [1.54, 1.807) is 6.07 Å². The van der Waals surface area contributed by atoms with Gasteiger partial charge in [-0.05, 0) is 30.3 Å². The molecule has 0 radical (unpaired) electrons. The number of aromatic amines is 2. The first-order chi connectivity index (χ1) is 12.2. The summed E-state index contributed by atoms with van der Waals surface area (Å²) in [6.07, 6.45) is 0. The van der Waals surface area contributed by atoms with E-state index in [4.69, 9.17) is 0 Å². The Morgan fingerprint density at radius 2 is 1.32 bits per heavy atom. The monoisotopic (exact) mass is 610 g/mol. The maximum Gasteiger partial charge on any atom is 1.00 e. The minimum Gasteiger partial charge on any atom is -0.744 e. The van der Waals surface area contributed by atoms with Crippen molar-refractivity contribution in [3.8, 4) is 0 Å². The third-order valence-corrected chi connectivity index (χ3v) is 4.86. The van der Waals surface area contributed by atoms with E-state index >= 15 is 0 Å². The van der Waals surface area contributed by atoms with Crippen molar-refractivity contribution in [2.24, 2.45) is 0 Å². The topological polar surface area (TPSA) is 198 Å². The Labute approximate surface area is 189 Å². The van der Waals surface area contributed by atoms with E-state index in [2.05, 4.69) is 30.8 Å². The summed E-state index contributed by atoms with van der Waals surface area (Å²) in [5, 5.41) is 19.2. The van der Waals surface area contributed by atoms with E-state index in [1.165, 1.54) is 30.3 Å². The zero-order chi connectivity index (χ0) is 18.9. The first kappa shape index (κ1) is 24.6. The molecule has 28 heavy (non-hydrogen) atoms. The number of hydrogen-bond donors (Lipinski definition) is 2. The Kier molecular flexibility index (Phi) is 8.22. The molecule has 12 nitrogen and oxygen atoms in total. The summed E-state index contributed by atoms with van der Waals surface area (Å²) in [5.41, 5.74) is 1.32. The summed E-state index contributed by atoms with van der Waals surface area (Å²) >= 11 is 0. The number of nitrogens with one attached hydrogen (secondary N) is 2. The van der Waals surface area contributed by atoms with E-state index in [9.17, 15) is 25.9 Å². The molecule has 4 aromatic rings. The van der Waals surface area contributed by atoms with Crippen LogP contribution in [-0.2, 0) is 65.0 Å². The second-order valence-corrected chi connectivity index (χ2v) is 7.56. The zero-order valence-corrected chi connectivity index (χ0v) is 17.7. The van der Waals surface area contributed by atoms with Crippen molar-refractivity contribution >= 4 is 42.3 Å². The SMILES string of the molecule is O=S(=O)([O-])c1ccc2n[nH]nc2c1.O=S(=O)([O-])c1cccc2n[nH]nc12.[Ag+].[Ag+]. The van der Waals surface area contributed by atoms with E-state index in [1.807, 2.05) is 0 Å². The number of aromatic nitrogens is 6. The number of nitrogens with zero attached hydrogens (tertiary/aromatic N) is 4. The van der Waals surface area contributed by atoms with Crippen LogP contribution in [-0.4, -0.2) is 56.8 Å². The number of H-pyrrole nitrogens is 2. The molecule has 16 heteroatoms. The predicted molar refractivity (Wildman–Crippen MR) is 83.7 cm³/mol. The molecular weight excluding hydrogens is 604 g/mol. The molecule has 2 aromatic heterocycles. The fourth-order valence-corrected chi connectivity index (χ4v) is 3.14. The molecule has 0 saturated carbocycles. The van der Waals surface area contributed by atoms with Gasteiger partial charge in [-0.25, -0.2) is 16.8 Å². The maximum absolute atomic E-state index is 10.7. The van der Waals surface area contributed by atoms with Gasteiger partial charge in [0.15, 0.2) is 0 Å². The number of fused-ring (bicyclic) bond motifs is 2. The van der Waals surface area contributed by atoms with Crippen LogP contribution in [0.4, 0.5) is 0 Å². The summed E-state index contributed by atoms with van der Waals surface area (Å²) in [6.45, 7) is 0. The average molecular weight is 612 g/mol. The van der Waals surface area contributed by atoms with Gasteiger partial charge in [0.25, 0.3) is 0 Å². The summed E-state index contributed by atoms with van der Waals surface area (Å²) in [6, 6.07) is 8.01. The molecule has 2 aromatic carbocycles. The second-order valence-electron chi connectivity index (χ2n) is 4.83. The Balaban J connectivity index is 0.000000261. The van der Waals surface area contributed by atoms with Crippen molar-refractivity contribution in [3.63, 3.8) is 0 Å². The van der Waals surface area contributed by atoms with Gasteiger partial charge in [0, 0.05) is 0 Å². The Morgan fingerprint density at radius 3 is 1.96 bits per heavy atom. The van der Waals surface area contributed by atoms with Crippen molar-refractivity contribution in [2.45, 2.75) is 9.79 Å². The van der Waals surface area contributed by atoms with Crippen LogP contribution in [0.2, 0.25) is 0 Å². The van der Waals surface area contributed by atoms with Crippen LogP contribution in [0.25, 0.3) is 22.1 Å². The molecular formula is C12H8Ag2N6O6S2. The Hall–Kier alpha value is -1.46. The number of benzene rings is 2. The normalized spacial score (nSPS) is 11.2. The van der Waals surface area contributed by atoms with Crippen LogP contribution < -0.4 is 0 Å². The summed E-state index contributed by atoms with van der Waals surface area (Å²) < 4.78 is 63.9. The van der Waals surface area contributed by atoms with Gasteiger partial charge in [-0.3, -0.25) is 0 Å². The van der Waals surface area contributed by atoms with E-state index in [0.29, 0.717) is 16.6 Å². The van der Waals surface area contributed by atoms with Crippen molar-refractivity contribution in [2.75, 3.05) is 0 Å². The van der Waals surface area contributed by atoms with Gasteiger partial charge < -0.3 is 9.11 Å². The van der Waals surface area contributed by atoms with Crippen molar-refractivity contribution in [3.05, 3.63) is 36.4 Å². The first-order valence-electron chi connectivity index (χ1n) is 6.68. The Bertz CT molecular complexity index is 1300. The zero-order valence-electron chi connectivity index (χ0n) is 13.1. The fraction of sp³-hybridized carbons (Fsp3) is 0. The van der Waals surface area contributed by atoms with Gasteiger partial charge in [-0.2, -0.15) is 30.8 Å². The summed E-state index contributed by atoms with van der Waals surface area (Å²) in [5.74, 6) is 0. The van der Waals surface area contributed by atoms with Crippen molar-refractivity contribution < 1.29 is 70.7 Å². The molecule has 0 aliphatic heterocycles. The average Bonchev–Trinajstić information content (AvgIpc) is 3.21. The minimum atomic E-state index is -4.47. The molecule has 0 atom stereocenters. The van der Waals surface area contributed by atoms with Crippen LogP contribution in [0.15, 0.2) is 46.2 Å². The van der Waals surface area contributed by atoms with E-state index < -0.39 is 20.2 Å². The van der Waals surface area contributed by atoms with Crippen molar-refractivity contribution in [1.29, 1.82) is 0 Å². The molecule has 156 valence electrons. The third kappa shape index (κ3) is 5.54.